The van der Waals surface area contributed by atoms with E-state index in [2.05, 4.69) is 49.9 Å². The fraction of sp³-hybridized carbons (Fsp3) is 0.444. The van der Waals surface area contributed by atoms with Gasteiger partial charge in [-0.05, 0) is 37.1 Å². The molecule has 1 aromatic carbocycles. The Balaban J connectivity index is 1.65. The molecule has 3 rings (SSSR count). The molecule has 0 unspecified atom stereocenters. The fourth-order valence-electron chi connectivity index (χ4n) is 2.95. The number of nitrogens with zero attached hydrogens (tertiary/aromatic N) is 5. The first-order chi connectivity index (χ1) is 12.1. The predicted octanol–water partition coefficient (Wildman–Crippen LogP) is 2.72. The minimum Gasteiger partial charge on any atom is -0.336 e. The molecule has 132 valence electrons. The van der Waals surface area contributed by atoms with Crippen molar-refractivity contribution in [3.8, 4) is 0 Å². The number of carbonyl (C=O) groups is 1. The lowest BCUT2D eigenvalue weighted by Crippen LogP contribution is -2.49. The number of hydrogen-bond acceptors (Lipinski definition) is 5. The maximum absolute atomic E-state index is 12.6. The molecule has 1 amide bonds. The van der Waals surface area contributed by atoms with Gasteiger partial charge < -0.3 is 9.80 Å². The smallest absolute Gasteiger partial charge is 0.253 e. The molecule has 1 fully saturated rings. The summed E-state index contributed by atoms with van der Waals surface area (Å²) < 4.78 is 0.973. The maximum atomic E-state index is 12.6. The summed E-state index contributed by atoms with van der Waals surface area (Å²) in [5, 5.41) is 8.59. The quantitative estimate of drug-likeness (QED) is 0.784. The van der Waals surface area contributed by atoms with Crippen LogP contribution in [0.5, 0.6) is 0 Å². The molecule has 25 heavy (non-hydrogen) atoms. The van der Waals surface area contributed by atoms with Crippen LogP contribution >= 0.6 is 15.9 Å². The van der Waals surface area contributed by atoms with Crippen molar-refractivity contribution in [3.05, 3.63) is 45.7 Å². The number of carbonyl (C=O) groups excluding carboxylic acids is 1. The van der Waals surface area contributed by atoms with E-state index < -0.39 is 0 Å². The third kappa shape index (κ3) is 3.98. The topological polar surface area (TPSA) is 62.2 Å². The van der Waals surface area contributed by atoms with Crippen LogP contribution in [-0.2, 0) is 12.8 Å². The van der Waals surface area contributed by atoms with Crippen LogP contribution in [0.2, 0.25) is 0 Å². The molecule has 0 spiro atoms. The summed E-state index contributed by atoms with van der Waals surface area (Å²) in [6.07, 6.45) is 1.70. The van der Waals surface area contributed by atoms with Gasteiger partial charge in [0.15, 0.2) is 0 Å². The van der Waals surface area contributed by atoms with Gasteiger partial charge in [0.1, 0.15) is 0 Å². The Labute approximate surface area is 156 Å². The van der Waals surface area contributed by atoms with E-state index in [1.165, 1.54) is 0 Å². The average molecular weight is 404 g/mol. The third-order valence-corrected chi connectivity index (χ3v) is 4.97. The van der Waals surface area contributed by atoms with Crippen molar-refractivity contribution in [1.82, 2.24) is 20.1 Å². The third-order valence-electron chi connectivity index (χ3n) is 4.44. The van der Waals surface area contributed by atoms with E-state index in [4.69, 9.17) is 0 Å². The Morgan fingerprint density at radius 1 is 1.00 bits per heavy atom. The summed E-state index contributed by atoms with van der Waals surface area (Å²) in [7, 11) is 0. The summed E-state index contributed by atoms with van der Waals surface area (Å²) in [6.45, 7) is 6.92. The molecule has 0 aliphatic carbocycles. The Hall–Kier alpha value is -2.02. The second-order valence-corrected chi connectivity index (χ2v) is 6.91. The van der Waals surface area contributed by atoms with Crippen LogP contribution < -0.4 is 4.90 Å². The van der Waals surface area contributed by atoms with Gasteiger partial charge in [-0.2, -0.15) is 5.10 Å². The molecule has 1 aliphatic heterocycles. The molecule has 0 radical (unpaired) electrons. The number of amides is 1. The lowest BCUT2D eigenvalue weighted by molar-refractivity contribution is 0.0746. The second kappa shape index (κ2) is 7.91. The highest BCUT2D eigenvalue weighted by Gasteiger charge is 2.24. The van der Waals surface area contributed by atoms with E-state index in [1.807, 2.05) is 29.2 Å². The van der Waals surface area contributed by atoms with Crippen LogP contribution in [0.25, 0.3) is 0 Å². The van der Waals surface area contributed by atoms with Gasteiger partial charge in [0, 0.05) is 36.2 Å². The van der Waals surface area contributed by atoms with Gasteiger partial charge in [-0.3, -0.25) is 4.79 Å². The van der Waals surface area contributed by atoms with Crippen LogP contribution in [0.15, 0.2) is 28.7 Å². The molecular weight excluding hydrogens is 382 g/mol. The fourth-order valence-corrected chi connectivity index (χ4v) is 3.21. The first kappa shape index (κ1) is 17.8. The minimum atomic E-state index is 0.0711. The Kier molecular flexibility index (Phi) is 5.63. The zero-order chi connectivity index (χ0) is 17.8. The Morgan fingerprint density at radius 3 is 2.24 bits per heavy atom. The van der Waals surface area contributed by atoms with E-state index in [9.17, 15) is 4.79 Å². The van der Waals surface area contributed by atoms with Crippen LogP contribution in [0.4, 0.5) is 5.95 Å². The Bertz CT molecular complexity index is 742. The van der Waals surface area contributed by atoms with Crippen molar-refractivity contribution < 1.29 is 4.79 Å². The van der Waals surface area contributed by atoms with Crippen molar-refractivity contribution in [3.63, 3.8) is 0 Å². The highest BCUT2D eigenvalue weighted by Crippen LogP contribution is 2.16. The molecule has 6 nitrogen and oxygen atoms in total. The summed E-state index contributed by atoms with van der Waals surface area (Å²) in [5.41, 5.74) is 2.70. The largest absolute Gasteiger partial charge is 0.336 e. The highest BCUT2D eigenvalue weighted by atomic mass is 79.9. The van der Waals surface area contributed by atoms with Gasteiger partial charge in [-0.15, -0.1) is 5.10 Å². The van der Waals surface area contributed by atoms with E-state index >= 15 is 0 Å². The molecule has 7 heteroatoms. The molecule has 0 atom stereocenters. The standard InChI is InChI=1S/C18H22BrN5O/c1-3-15-16(4-2)21-22-18(20-15)24-11-9-23(10-12-24)17(25)13-5-7-14(19)8-6-13/h5-8H,3-4,9-12H2,1-2H3. The van der Waals surface area contributed by atoms with Gasteiger partial charge in [-0.1, -0.05) is 29.8 Å². The summed E-state index contributed by atoms with van der Waals surface area (Å²) in [5.74, 6) is 0.742. The van der Waals surface area contributed by atoms with Gasteiger partial charge in [0.25, 0.3) is 5.91 Å². The SMILES string of the molecule is CCc1nnc(N2CCN(C(=O)c3ccc(Br)cc3)CC2)nc1CC. The van der Waals surface area contributed by atoms with Crippen LogP contribution in [0.3, 0.4) is 0 Å². The number of anilines is 1. The summed E-state index contributed by atoms with van der Waals surface area (Å²) >= 11 is 3.39. The number of rotatable bonds is 4. The minimum absolute atomic E-state index is 0.0711. The van der Waals surface area contributed by atoms with Crippen LogP contribution in [0.1, 0.15) is 35.6 Å². The van der Waals surface area contributed by atoms with Gasteiger partial charge in [0.05, 0.1) is 11.4 Å². The van der Waals surface area contributed by atoms with Crippen molar-refractivity contribution in [2.75, 3.05) is 31.1 Å². The normalized spacial score (nSPS) is 14.7. The van der Waals surface area contributed by atoms with E-state index in [0.717, 1.165) is 47.4 Å². The van der Waals surface area contributed by atoms with Gasteiger partial charge >= 0.3 is 0 Å². The lowest BCUT2D eigenvalue weighted by Gasteiger charge is -2.34. The zero-order valence-corrected chi connectivity index (χ0v) is 16.2. The number of benzene rings is 1. The van der Waals surface area contributed by atoms with E-state index in [1.54, 1.807) is 0 Å². The highest BCUT2D eigenvalue weighted by molar-refractivity contribution is 9.10. The van der Waals surface area contributed by atoms with Gasteiger partial charge in [0.2, 0.25) is 5.95 Å². The predicted molar refractivity (Wildman–Crippen MR) is 101 cm³/mol. The lowest BCUT2D eigenvalue weighted by atomic mass is 10.2. The monoisotopic (exact) mass is 403 g/mol. The molecular formula is C18H22BrN5O. The molecule has 1 aromatic heterocycles. The number of piperazine rings is 1. The number of hydrogen-bond donors (Lipinski definition) is 0. The number of halogens is 1. The summed E-state index contributed by atoms with van der Waals surface area (Å²) in [4.78, 5) is 21.2. The molecule has 1 saturated heterocycles. The molecule has 2 aromatic rings. The van der Waals surface area contributed by atoms with Crippen LogP contribution in [0, 0.1) is 0 Å². The first-order valence-corrected chi connectivity index (χ1v) is 9.44. The zero-order valence-electron chi connectivity index (χ0n) is 14.6. The van der Waals surface area contributed by atoms with Crippen molar-refractivity contribution in [2.24, 2.45) is 0 Å². The van der Waals surface area contributed by atoms with E-state index in [0.29, 0.717) is 19.0 Å². The van der Waals surface area contributed by atoms with E-state index in [-0.39, 0.29) is 5.91 Å². The van der Waals surface area contributed by atoms with Gasteiger partial charge in [-0.25, -0.2) is 4.98 Å². The van der Waals surface area contributed by atoms with Crippen molar-refractivity contribution in [2.45, 2.75) is 26.7 Å². The average Bonchev–Trinajstić information content (AvgIpc) is 2.67. The molecule has 0 N–H and O–H groups in total. The summed E-state index contributed by atoms with van der Waals surface area (Å²) in [6, 6.07) is 7.49. The van der Waals surface area contributed by atoms with Crippen molar-refractivity contribution >= 4 is 27.8 Å². The molecule has 2 heterocycles. The number of aromatic nitrogens is 3. The first-order valence-electron chi connectivity index (χ1n) is 8.64. The molecule has 0 bridgehead atoms. The Morgan fingerprint density at radius 2 is 1.64 bits per heavy atom. The molecule has 0 saturated carbocycles. The second-order valence-electron chi connectivity index (χ2n) is 6.00. The van der Waals surface area contributed by atoms with Crippen molar-refractivity contribution in [1.29, 1.82) is 0 Å². The maximum Gasteiger partial charge on any atom is 0.253 e. The number of aryl methyl sites for hydroxylation is 2. The molecule has 1 aliphatic rings. The van der Waals surface area contributed by atoms with Crippen LogP contribution in [-0.4, -0.2) is 52.2 Å².